The van der Waals surface area contributed by atoms with Crippen LogP contribution in [0.4, 0.5) is 0 Å². The first kappa shape index (κ1) is 22.2. The SMILES string of the molecule is CCc1nncn1CCNC(=NCCCn1ccc2ccccc21)NCCCSC. The van der Waals surface area contributed by atoms with Gasteiger partial charge in [-0.1, -0.05) is 25.1 Å². The van der Waals surface area contributed by atoms with Crippen molar-refractivity contribution in [1.82, 2.24) is 30.0 Å². The van der Waals surface area contributed by atoms with Crippen molar-refractivity contribution in [2.24, 2.45) is 4.99 Å². The maximum absolute atomic E-state index is 4.80. The molecule has 2 aromatic heterocycles. The van der Waals surface area contributed by atoms with E-state index in [0.717, 1.165) is 69.5 Å². The molecule has 0 aliphatic rings. The minimum atomic E-state index is 0.789. The molecule has 0 amide bonds. The van der Waals surface area contributed by atoms with Crippen LogP contribution < -0.4 is 10.6 Å². The van der Waals surface area contributed by atoms with Crippen LogP contribution in [0.1, 0.15) is 25.6 Å². The Bertz CT molecular complexity index is 915. The van der Waals surface area contributed by atoms with E-state index in [2.05, 4.69) is 79.7 Å². The summed E-state index contributed by atoms with van der Waals surface area (Å²) in [7, 11) is 0. The van der Waals surface area contributed by atoms with Crippen molar-refractivity contribution < 1.29 is 0 Å². The van der Waals surface area contributed by atoms with Gasteiger partial charge in [0.05, 0.1) is 0 Å². The molecule has 7 nitrogen and oxygen atoms in total. The highest BCUT2D eigenvalue weighted by molar-refractivity contribution is 7.98. The van der Waals surface area contributed by atoms with Gasteiger partial charge >= 0.3 is 0 Å². The minimum Gasteiger partial charge on any atom is -0.356 e. The number of guanidine groups is 1. The number of hydrogen-bond donors (Lipinski definition) is 2. The van der Waals surface area contributed by atoms with Gasteiger partial charge in [-0.2, -0.15) is 11.8 Å². The number of nitrogens with one attached hydrogen (secondary N) is 2. The van der Waals surface area contributed by atoms with Crippen molar-refractivity contribution in [2.45, 2.75) is 39.3 Å². The van der Waals surface area contributed by atoms with E-state index >= 15 is 0 Å². The molecule has 0 radical (unpaired) electrons. The summed E-state index contributed by atoms with van der Waals surface area (Å²) in [5, 5.41) is 16.4. The number of nitrogens with zero attached hydrogens (tertiary/aromatic N) is 5. The highest BCUT2D eigenvalue weighted by Gasteiger charge is 2.03. The number of thioether (sulfide) groups is 1. The first-order valence-corrected chi connectivity index (χ1v) is 12.1. The van der Waals surface area contributed by atoms with Crippen molar-refractivity contribution in [2.75, 3.05) is 31.6 Å². The van der Waals surface area contributed by atoms with Gasteiger partial charge in [0.1, 0.15) is 12.2 Å². The second-order valence-electron chi connectivity index (χ2n) is 7.15. The lowest BCUT2D eigenvalue weighted by atomic mass is 10.2. The van der Waals surface area contributed by atoms with Crippen molar-refractivity contribution in [3.63, 3.8) is 0 Å². The molecule has 0 spiro atoms. The summed E-state index contributed by atoms with van der Waals surface area (Å²) in [6, 6.07) is 10.7. The third-order valence-electron chi connectivity index (χ3n) is 4.98. The number of hydrogen-bond acceptors (Lipinski definition) is 4. The lowest BCUT2D eigenvalue weighted by Gasteiger charge is -2.13. The second-order valence-corrected chi connectivity index (χ2v) is 8.13. The number of rotatable bonds is 12. The average molecular weight is 428 g/mol. The summed E-state index contributed by atoms with van der Waals surface area (Å²) in [6.45, 7) is 6.41. The Kier molecular flexibility index (Phi) is 9.08. The average Bonchev–Trinajstić information content (AvgIpc) is 3.40. The Balaban J connectivity index is 1.49. The molecule has 30 heavy (non-hydrogen) atoms. The van der Waals surface area contributed by atoms with E-state index in [1.165, 1.54) is 10.9 Å². The van der Waals surface area contributed by atoms with Gasteiger partial charge in [-0.05, 0) is 42.4 Å². The molecule has 0 fully saturated rings. The minimum absolute atomic E-state index is 0.789. The van der Waals surface area contributed by atoms with Crippen LogP contribution in [0.25, 0.3) is 10.9 Å². The fraction of sp³-hybridized carbons (Fsp3) is 0.500. The summed E-state index contributed by atoms with van der Waals surface area (Å²) in [5.74, 6) is 3.06. The van der Waals surface area contributed by atoms with Gasteiger partial charge in [0, 0.05) is 50.9 Å². The van der Waals surface area contributed by atoms with Crippen LogP contribution in [0.3, 0.4) is 0 Å². The fourth-order valence-electron chi connectivity index (χ4n) is 3.40. The number of aliphatic imine (C=N–C) groups is 1. The van der Waals surface area contributed by atoms with Crippen molar-refractivity contribution in [3.05, 3.63) is 48.7 Å². The summed E-state index contributed by atoms with van der Waals surface area (Å²) in [4.78, 5) is 4.80. The molecule has 0 aliphatic carbocycles. The molecule has 2 heterocycles. The van der Waals surface area contributed by atoms with Crippen molar-refractivity contribution in [1.29, 1.82) is 0 Å². The third kappa shape index (κ3) is 6.52. The Morgan fingerprint density at radius 3 is 2.80 bits per heavy atom. The first-order chi connectivity index (χ1) is 14.8. The Morgan fingerprint density at radius 2 is 1.93 bits per heavy atom. The molecule has 8 heteroatoms. The molecule has 0 aliphatic heterocycles. The Hall–Kier alpha value is -2.48. The van der Waals surface area contributed by atoms with Gasteiger partial charge in [0.2, 0.25) is 0 Å². The largest absolute Gasteiger partial charge is 0.356 e. The maximum Gasteiger partial charge on any atom is 0.191 e. The highest BCUT2D eigenvalue weighted by atomic mass is 32.2. The molecule has 0 unspecified atom stereocenters. The zero-order valence-electron chi connectivity index (χ0n) is 18.0. The van der Waals surface area contributed by atoms with Crippen LogP contribution in [0.5, 0.6) is 0 Å². The van der Waals surface area contributed by atoms with Crippen LogP contribution in [0.15, 0.2) is 47.8 Å². The third-order valence-corrected chi connectivity index (χ3v) is 5.68. The van der Waals surface area contributed by atoms with Crippen molar-refractivity contribution in [3.8, 4) is 0 Å². The number of aromatic nitrogens is 4. The first-order valence-electron chi connectivity index (χ1n) is 10.7. The Labute approximate surface area is 183 Å². The van der Waals surface area contributed by atoms with E-state index < -0.39 is 0 Å². The standard InChI is InChI=1S/C22H33N7S/c1-3-21-27-26-18-29(21)16-13-25-22(24-12-7-17-30-2)23-11-6-14-28-15-10-19-8-4-5-9-20(19)28/h4-5,8-10,15,18H,3,6-7,11-14,16-17H2,1-2H3,(H2,23,24,25). The molecule has 1 aromatic carbocycles. The second kappa shape index (κ2) is 12.3. The van der Waals surface area contributed by atoms with Gasteiger partial charge in [0.15, 0.2) is 5.96 Å². The number of fused-ring (bicyclic) bond motifs is 1. The van der Waals surface area contributed by atoms with Crippen LogP contribution in [-0.4, -0.2) is 56.9 Å². The van der Waals surface area contributed by atoms with Gasteiger partial charge in [-0.25, -0.2) is 0 Å². The molecule has 0 saturated carbocycles. The summed E-state index contributed by atoms with van der Waals surface area (Å²) < 4.78 is 4.40. The lowest BCUT2D eigenvalue weighted by molar-refractivity contribution is 0.627. The van der Waals surface area contributed by atoms with Gasteiger partial charge in [0.25, 0.3) is 0 Å². The van der Waals surface area contributed by atoms with E-state index in [9.17, 15) is 0 Å². The van der Waals surface area contributed by atoms with Gasteiger partial charge in [-0.3, -0.25) is 4.99 Å². The zero-order chi connectivity index (χ0) is 21.0. The van der Waals surface area contributed by atoms with Crippen LogP contribution in [0.2, 0.25) is 0 Å². The van der Waals surface area contributed by atoms with Gasteiger partial charge in [-0.15, -0.1) is 10.2 Å². The smallest absolute Gasteiger partial charge is 0.191 e. The molecule has 0 atom stereocenters. The lowest BCUT2D eigenvalue weighted by Crippen LogP contribution is -2.39. The Morgan fingerprint density at radius 1 is 1.07 bits per heavy atom. The van der Waals surface area contributed by atoms with Crippen LogP contribution in [-0.2, 0) is 19.5 Å². The summed E-state index contributed by atoms with van der Waals surface area (Å²) in [5.41, 5.74) is 1.29. The molecule has 2 N–H and O–H groups in total. The maximum atomic E-state index is 4.80. The van der Waals surface area contributed by atoms with E-state index in [1.54, 1.807) is 6.33 Å². The van der Waals surface area contributed by atoms with Gasteiger partial charge < -0.3 is 19.8 Å². The van der Waals surface area contributed by atoms with E-state index in [0.29, 0.717) is 0 Å². The molecule has 162 valence electrons. The van der Waals surface area contributed by atoms with Crippen LogP contribution in [0, 0.1) is 0 Å². The predicted octanol–water partition coefficient (Wildman–Crippen LogP) is 3.17. The van der Waals surface area contributed by atoms with E-state index in [-0.39, 0.29) is 0 Å². The highest BCUT2D eigenvalue weighted by Crippen LogP contribution is 2.15. The molecule has 3 aromatic rings. The van der Waals surface area contributed by atoms with E-state index in [4.69, 9.17) is 4.99 Å². The van der Waals surface area contributed by atoms with E-state index in [1.807, 2.05) is 11.8 Å². The molecule has 3 rings (SSSR count). The monoisotopic (exact) mass is 427 g/mol. The number of para-hydroxylation sites is 1. The normalized spacial score (nSPS) is 11.9. The zero-order valence-corrected chi connectivity index (χ0v) is 18.9. The molecular weight excluding hydrogens is 394 g/mol. The summed E-state index contributed by atoms with van der Waals surface area (Å²) in [6.07, 6.45) is 9.12. The number of benzene rings is 1. The topological polar surface area (TPSA) is 72.1 Å². The van der Waals surface area contributed by atoms with Crippen LogP contribution >= 0.6 is 11.8 Å². The summed E-state index contributed by atoms with van der Waals surface area (Å²) >= 11 is 1.87. The fourth-order valence-corrected chi connectivity index (χ4v) is 3.83. The number of aryl methyl sites for hydroxylation is 2. The predicted molar refractivity (Wildman–Crippen MR) is 127 cm³/mol. The molecular formula is C22H33N7S. The molecule has 0 bridgehead atoms. The molecule has 0 saturated heterocycles. The quantitative estimate of drug-likeness (QED) is 0.264. The van der Waals surface area contributed by atoms with Crippen molar-refractivity contribution >= 4 is 28.6 Å².